The number of aliphatic hydroxyl groups excluding tert-OH is 1. The van der Waals surface area contributed by atoms with Crippen LogP contribution in [0.1, 0.15) is 170 Å². The second-order valence-corrected chi connectivity index (χ2v) is 32.8. The maximum Gasteiger partial charge on any atom is 0.245 e. The molecule has 692 valence electrons. The second-order valence-electron chi connectivity index (χ2n) is 32.8. The van der Waals surface area contributed by atoms with Gasteiger partial charge in [0.15, 0.2) is 17.9 Å². The number of benzene rings is 2. The number of nitrogens with zero attached hydrogens (tertiary/aromatic N) is 2. The van der Waals surface area contributed by atoms with Gasteiger partial charge in [0, 0.05) is 58.6 Å². The van der Waals surface area contributed by atoms with Crippen molar-refractivity contribution in [2.45, 2.75) is 257 Å². The molecular formula is C81H130N26O18. The molecule has 2 heterocycles. The maximum absolute atomic E-state index is 15.0. The number of phenols is 2. The number of hydrogen-bond donors (Lipinski definition) is 27. The summed E-state index contributed by atoms with van der Waals surface area (Å²) in [6.45, 7) is 16.4. The average molecular weight is 1760 g/mol. The number of likely N-dealkylation sites (tertiary alicyclic amines) is 1. The van der Waals surface area contributed by atoms with Gasteiger partial charge in [-0.25, -0.2) is 4.98 Å². The number of aromatic nitrogens is 2. The number of guanidine groups is 3. The molecule has 125 heavy (non-hydrogen) atoms. The number of nitrogens with two attached hydrogens (primary N) is 5. The van der Waals surface area contributed by atoms with Crippen LogP contribution in [-0.2, 0) is 91.2 Å². The smallest absolute Gasteiger partial charge is 0.245 e. The predicted molar refractivity (Wildman–Crippen MR) is 459 cm³/mol. The molecule has 4 rings (SSSR count). The van der Waals surface area contributed by atoms with Gasteiger partial charge in [-0.1, -0.05) is 79.7 Å². The Kier molecular flexibility index (Phi) is 43.9. The van der Waals surface area contributed by atoms with E-state index in [1.807, 2.05) is 13.8 Å². The maximum atomic E-state index is 15.0. The molecule has 32 N–H and O–H groups in total. The van der Waals surface area contributed by atoms with Crippen LogP contribution >= 0.6 is 0 Å². The van der Waals surface area contributed by atoms with Crippen molar-refractivity contribution in [2.75, 3.05) is 26.2 Å². The van der Waals surface area contributed by atoms with Crippen LogP contribution in [0.25, 0.3) is 0 Å². The highest BCUT2D eigenvalue weighted by Crippen LogP contribution is 2.23. The van der Waals surface area contributed by atoms with E-state index >= 15 is 0 Å². The van der Waals surface area contributed by atoms with E-state index in [0.29, 0.717) is 11.1 Å². The lowest BCUT2D eigenvalue weighted by Crippen LogP contribution is -2.62. The van der Waals surface area contributed by atoms with Gasteiger partial charge >= 0.3 is 0 Å². The monoisotopic (exact) mass is 1760 g/mol. The first-order chi connectivity index (χ1) is 58.8. The third-order valence-electron chi connectivity index (χ3n) is 19.8. The Morgan fingerprint density at radius 2 is 0.784 bits per heavy atom. The van der Waals surface area contributed by atoms with E-state index in [9.17, 15) is 87.2 Å². The summed E-state index contributed by atoms with van der Waals surface area (Å²) in [5, 5.41) is 93.4. The first kappa shape index (κ1) is 104. The molecular weight excluding hydrogens is 1630 g/mol. The summed E-state index contributed by atoms with van der Waals surface area (Å²) in [5.74, 6) is -16.4. The molecule has 15 amide bonds. The molecule has 0 aliphatic carbocycles. The number of aromatic hydroxyl groups is 2. The molecule has 0 bridgehead atoms. The van der Waals surface area contributed by atoms with Crippen molar-refractivity contribution in [3.63, 3.8) is 0 Å². The number of imidazole rings is 1. The van der Waals surface area contributed by atoms with Crippen molar-refractivity contribution >= 4 is 106 Å². The summed E-state index contributed by atoms with van der Waals surface area (Å²) in [4.78, 5) is 221. The van der Waals surface area contributed by atoms with E-state index in [1.165, 1.54) is 79.8 Å². The van der Waals surface area contributed by atoms with Crippen molar-refractivity contribution < 1.29 is 87.2 Å². The molecule has 0 radical (unpaired) electrons. The Morgan fingerprint density at radius 3 is 1.18 bits per heavy atom. The number of carbonyl (C=O) groups excluding carboxylic acids is 15. The van der Waals surface area contributed by atoms with Gasteiger partial charge in [0.2, 0.25) is 88.6 Å². The Labute approximate surface area is 726 Å². The number of hydrogen-bond acceptors (Lipinski definition) is 22. The van der Waals surface area contributed by atoms with E-state index in [1.54, 1.807) is 41.5 Å². The second kappa shape index (κ2) is 52.5. The molecule has 0 unspecified atom stereocenters. The number of phenolic OH excluding ortho intramolecular Hbond substituents is 2. The summed E-state index contributed by atoms with van der Waals surface area (Å²) in [5.41, 5.74) is 29.1. The van der Waals surface area contributed by atoms with Crippen LogP contribution in [0.2, 0.25) is 0 Å². The molecule has 3 aromatic rings. The molecule has 44 heteroatoms. The molecule has 1 aliphatic heterocycles. The fraction of sp³-hybridized carbons (Fsp3) is 0.593. The van der Waals surface area contributed by atoms with Gasteiger partial charge in [-0.05, 0) is 143 Å². The largest absolute Gasteiger partial charge is 0.508 e. The molecule has 44 nitrogen and oxygen atoms in total. The fourth-order valence-corrected chi connectivity index (χ4v) is 13.7. The lowest BCUT2D eigenvalue weighted by atomic mass is 9.98. The third-order valence-corrected chi connectivity index (χ3v) is 19.8. The van der Waals surface area contributed by atoms with Crippen LogP contribution in [0.4, 0.5) is 0 Å². The van der Waals surface area contributed by atoms with Gasteiger partial charge in [0.05, 0.1) is 24.5 Å². The number of H-pyrrole nitrogens is 1. The van der Waals surface area contributed by atoms with E-state index in [2.05, 4.69) is 89.7 Å². The van der Waals surface area contributed by atoms with Gasteiger partial charge in [-0.2, -0.15) is 0 Å². The molecule has 0 saturated carbocycles. The number of amides is 15. The van der Waals surface area contributed by atoms with Crippen LogP contribution in [-0.4, -0.2) is 248 Å². The quantitative estimate of drug-likeness (QED) is 0.0144. The normalized spacial score (nSPS) is 15.5. The SMILES string of the molecule is CC(=O)N[C@@H](CC(C)C)C(=O)N[C@@H](CCCNC(=N)N)C(=O)N[C@@H](Cc1c[nH]cn1)C(=O)N[C@@H](Cc1ccc(O)cc1)C(=O)N[C@@H](CC(C)C)C(=O)N[C@@H](CC(N)=O)C(=O)N[C@@H](CC(C)C)C(=O)N[C@@H](CC(C)C)C(=O)N[C@H](C(=O)N[C@@H](CCCNC(=N)N)C(=O)N1CCC[C@H]1C(=O)N[C@@H](CCCNC(=N)N)C(=O)N[C@@H](Cc1ccc(O)cc1)C(N)=O)[C@@H](C)O. The highest BCUT2D eigenvalue weighted by molar-refractivity contribution is 6.01. The van der Waals surface area contributed by atoms with Crippen LogP contribution < -0.4 is 108 Å². The van der Waals surface area contributed by atoms with Crippen molar-refractivity contribution in [3.8, 4) is 11.5 Å². The van der Waals surface area contributed by atoms with Crippen molar-refractivity contribution in [2.24, 2.45) is 52.3 Å². The van der Waals surface area contributed by atoms with Gasteiger partial charge in [0.1, 0.15) is 90.0 Å². The highest BCUT2D eigenvalue weighted by atomic mass is 16.3. The lowest BCUT2D eigenvalue weighted by molar-refractivity contribution is -0.143. The minimum absolute atomic E-state index is 0.0139. The van der Waals surface area contributed by atoms with Crippen molar-refractivity contribution in [1.29, 1.82) is 16.2 Å². The molecule has 1 aromatic heterocycles. The van der Waals surface area contributed by atoms with E-state index in [4.69, 9.17) is 44.9 Å². The minimum Gasteiger partial charge on any atom is -0.508 e. The Bertz CT molecular complexity index is 4150. The molecule has 1 saturated heterocycles. The summed E-state index contributed by atoms with van der Waals surface area (Å²) in [6.07, 6.45) is -0.346. The highest BCUT2D eigenvalue weighted by Gasteiger charge is 2.43. The number of primary amides is 2. The Hall–Kier alpha value is -12.9. The van der Waals surface area contributed by atoms with Crippen molar-refractivity contribution in [1.82, 2.24) is 94.6 Å². The number of nitrogens with one attached hydrogen (secondary N) is 19. The number of aliphatic hydroxyl groups is 1. The van der Waals surface area contributed by atoms with Gasteiger partial charge in [0.25, 0.3) is 0 Å². The fourth-order valence-electron chi connectivity index (χ4n) is 13.7. The zero-order valence-corrected chi connectivity index (χ0v) is 72.6. The van der Waals surface area contributed by atoms with E-state index in [0.717, 1.165) is 0 Å². The Balaban J connectivity index is 1.63. The summed E-state index contributed by atoms with van der Waals surface area (Å²) < 4.78 is 0. The standard InChI is InChI=1S/C81H130N26O18/c1-41(2)31-56(95-46(10)109)69(116)96-52(15-11-27-91-79(84)85)68(115)104-61(37-49-39-90-40-94-49)73(120)103-60(36-48-21-25-51(111)26-22-48)72(119)100-58(33-43(5)6)71(118)105-62(38-64(82)112)74(121)101-57(32-42(3)4)70(117)102-59(34-44(7)8)75(122)106-65(45(9)108)77(124)98-54(17-13-29-93-81(88)89)78(125)107-30-14-18-63(107)76(123)97-53(16-12-28-92-80(86)87)67(114)99-55(66(83)113)35-47-19-23-50(110)24-20-47/h19-26,39-45,52-63,65,108,110-111H,11-18,27-38H2,1-10H3,(H2,82,112)(H2,83,113)(H,90,94)(H,95,109)(H,96,116)(H,97,123)(H,98,124)(H,99,114)(H,100,119)(H,101,121)(H,102,117)(H,103,120)(H,104,115)(H,105,118)(H,106,122)(H4,84,85,91)(H4,86,87,92)(H4,88,89,93)/t45-,52+,53+,54+,55+,56+,57+,58+,59+,60+,61+,62+,63+,65+/m1/s1. The first-order valence-corrected chi connectivity index (χ1v) is 41.8. The van der Waals surface area contributed by atoms with E-state index < -0.39 is 197 Å². The zero-order valence-electron chi connectivity index (χ0n) is 72.6. The van der Waals surface area contributed by atoms with Crippen LogP contribution in [0.15, 0.2) is 61.1 Å². The van der Waals surface area contributed by atoms with Crippen molar-refractivity contribution in [3.05, 3.63) is 77.9 Å². The first-order valence-electron chi connectivity index (χ1n) is 41.8. The lowest BCUT2D eigenvalue weighted by Gasteiger charge is -2.32. The van der Waals surface area contributed by atoms with Gasteiger partial charge in [-0.15, -0.1) is 0 Å². The van der Waals surface area contributed by atoms with Crippen LogP contribution in [0.5, 0.6) is 11.5 Å². The van der Waals surface area contributed by atoms with E-state index in [-0.39, 0.29) is 163 Å². The molecule has 0 spiro atoms. The summed E-state index contributed by atoms with van der Waals surface area (Å²) in [7, 11) is 0. The zero-order chi connectivity index (χ0) is 93.5. The summed E-state index contributed by atoms with van der Waals surface area (Å²) >= 11 is 0. The minimum atomic E-state index is -1.86. The number of carbonyl (C=O) groups is 15. The van der Waals surface area contributed by atoms with Crippen LogP contribution in [0.3, 0.4) is 0 Å². The number of rotatable bonds is 54. The van der Waals surface area contributed by atoms with Gasteiger partial charge < -0.3 is 134 Å². The number of aromatic amines is 1. The molecule has 14 atom stereocenters. The topological polar surface area (TPSA) is 731 Å². The summed E-state index contributed by atoms with van der Waals surface area (Å²) in [6, 6.07) is -7.94. The Morgan fingerprint density at radius 1 is 0.440 bits per heavy atom. The van der Waals surface area contributed by atoms with Crippen LogP contribution in [0, 0.1) is 39.9 Å². The third kappa shape index (κ3) is 38.6. The molecule has 1 fully saturated rings. The molecule has 1 aliphatic rings. The average Bonchev–Trinajstić information content (AvgIpc) is 1.79. The molecule has 2 aromatic carbocycles. The predicted octanol–water partition coefficient (Wildman–Crippen LogP) is -4.61. The van der Waals surface area contributed by atoms with Gasteiger partial charge in [-0.3, -0.25) is 88.1 Å².